The van der Waals surface area contributed by atoms with Gasteiger partial charge in [0, 0.05) is 11.4 Å². The van der Waals surface area contributed by atoms with E-state index in [2.05, 4.69) is 25.8 Å². The Kier molecular flexibility index (Phi) is 5.15. The lowest BCUT2D eigenvalue weighted by Gasteiger charge is -2.08. The van der Waals surface area contributed by atoms with Crippen molar-refractivity contribution in [3.05, 3.63) is 11.5 Å². The molecule has 0 bridgehead atoms. The molecule has 1 rings (SSSR count). The molecule has 1 N–H and O–H groups in total. The molecule has 0 fully saturated rings. The van der Waals surface area contributed by atoms with Gasteiger partial charge in [-0.15, -0.1) is 0 Å². The molecular formula is C10H17BrN2O3S. The van der Waals surface area contributed by atoms with Crippen molar-refractivity contribution < 1.29 is 12.9 Å². The van der Waals surface area contributed by atoms with Crippen molar-refractivity contribution in [3.63, 3.8) is 0 Å². The molecule has 0 saturated heterocycles. The van der Waals surface area contributed by atoms with Gasteiger partial charge in [-0.05, 0) is 26.7 Å². The summed E-state index contributed by atoms with van der Waals surface area (Å²) in [6.45, 7) is 5.65. The quantitative estimate of drug-likeness (QED) is 0.813. The number of rotatable bonds is 6. The maximum Gasteiger partial charge on any atom is 0.245 e. The number of nitrogens with one attached hydrogen (secondary N) is 1. The van der Waals surface area contributed by atoms with E-state index < -0.39 is 10.0 Å². The number of sulfonamides is 1. The second-order valence-electron chi connectivity index (χ2n) is 3.85. The Labute approximate surface area is 110 Å². The zero-order chi connectivity index (χ0) is 13.1. The highest BCUT2D eigenvalue weighted by Crippen LogP contribution is 2.18. The number of aromatic nitrogens is 1. The third kappa shape index (κ3) is 3.79. The fourth-order valence-corrected chi connectivity index (χ4v) is 3.09. The van der Waals surface area contributed by atoms with Gasteiger partial charge in [0.25, 0.3) is 0 Å². The molecule has 1 aromatic heterocycles. The van der Waals surface area contributed by atoms with E-state index in [1.54, 1.807) is 13.8 Å². The van der Waals surface area contributed by atoms with Crippen LogP contribution < -0.4 is 4.72 Å². The zero-order valence-electron chi connectivity index (χ0n) is 10.2. The molecule has 0 amide bonds. The molecule has 1 unspecified atom stereocenters. The Balaban J connectivity index is 2.70. The summed E-state index contributed by atoms with van der Waals surface area (Å²) in [4.78, 5) is 0.481. The summed E-state index contributed by atoms with van der Waals surface area (Å²) >= 11 is 3.46. The fourth-order valence-electron chi connectivity index (χ4n) is 1.48. The van der Waals surface area contributed by atoms with E-state index in [0.717, 1.165) is 12.8 Å². The Morgan fingerprint density at radius 1 is 1.47 bits per heavy atom. The maximum atomic E-state index is 12.0. The topological polar surface area (TPSA) is 72.2 Å². The van der Waals surface area contributed by atoms with Gasteiger partial charge in [0.1, 0.15) is 10.6 Å². The van der Waals surface area contributed by atoms with Crippen LogP contribution in [0.1, 0.15) is 31.2 Å². The van der Waals surface area contributed by atoms with Crippen LogP contribution in [0.15, 0.2) is 9.42 Å². The minimum Gasteiger partial charge on any atom is -0.360 e. The summed E-state index contributed by atoms with van der Waals surface area (Å²) in [6, 6.07) is 0. The van der Waals surface area contributed by atoms with E-state index in [1.165, 1.54) is 0 Å². The van der Waals surface area contributed by atoms with Crippen LogP contribution in [-0.4, -0.2) is 24.9 Å². The molecule has 98 valence electrons. The third-order valence-electron chi connectivity index (χ3n) is 2.43. The molecule has 0 aromatic carbocycles. The van der Waals surface area contributed by atoms with E-state index in [1.807, 2.05) is 6.92 Å². The first-order chi connectivity index (χ1) is 7.88. The summed E-state index contributed by atoms with van der Waals surface area (Å²) in [6.07, 6.45) is 1.71. The van der Waals surface area contributed by atoms with Gasteiger partial charge >= 0.3 is 0 Å². The van der Waals surface area contributed by atoms with Gasteiger partial charge < -0.3 is 4.52 Å². The molecule has 17 heavy (non-hydrogen) atoms. The Morgan fingerprint density at radius 2 is 2.12 bits per heavy atom. The average Bonchev–Trinajstić information content (AvgIpc) is 2.58. The number of alkyl halides is 1. The summed E-state index contributed by atoms with van der Waals surface area (Å²) in [5.74, 6) is 0.320. The predicted octanol–water partition coefficient (Wildman–Crippen LogP) is 2.13. The first-order valence-electron chi connectivity index (χ1n) is 5.45. The lowest BCUT2D eigenvalue weighted by molar-refractivity contribution is 0.390. The van der Waals surface area contributed by atoms with Gasteiger partial charge in [-0.3, -0.25) is 0 Å². The second-order valence-corrected chi connectivity index (χ2v) is 6.84. The molecule has 0 radical (unpaired) electrons. The first-order valence-corrected chi connectivity index (χ1v) is 7.85. The minimum absolute atomic E-state index is 0.153. The molecule has 5 nitrogen and oxygen atoms in total. The van der Waals surface area contributed by atoms with Crippen LogP contribution in [0.25, 0.3) is 0 Å². The molecule has 0 aliphatic carbocycles. The van der Waals surface area contributed by atoms with Gasteiger partial charge in [0.15, 0.2) is 5.76 Å². The summed E-state index contributed by atoms with van der Waals surface area (Å²) < 4.78 is 31.4. The number of halogens is 1. The summed E-state index contributed by atoms with van der Waals surface area (Å²) in [7, 11) is -3.51. The highest BCUT2D eigenvalue weighted by Gasteiger charge is 2.23. The van der Waals surface area contributed by atoms with Crippen molar-refractivity contribution in [2.24, 2.45) is 0 Å². The molecule has 0 aliphatic rings. The van der Waals surface area contributed by atoms with Crippen molar-refractivity contribution >= 4 is 26.0 Å². The zero-order valence-corrected chi connectivity index (χ0v) is 12.6. The Morgan fingerprint density at radius 3 is 2.59 bits per heavy atom. The molecule has 1 atom stereocenters. The normalized spacial score (nSPS) is 13.9. The minimum atomic E-state index is -3.51. The van der Waals surface area contributed by atoms with E-state index in [4.69, 9.17) is 4.52 Å². The van der Waals surface area contributed by atoms with Crippen LogP contribution in [0.5, 0.6) is 0 Å². The van der Waals surface area contributed by atoms with Gasteiger partial charge in [0.2, 0.25) is 10.0 Å². The number of aryl methyl sites for hydroxylation is 2. The summed E-state index contributed by atoms with van der Waals surface area (Å²) in [5.41, 5.74) is 0.390. The highest BCUT2D eigenvalue weighted by molar-refractivity contribution is 9.09. The van der Waals surface area contributed by atoms with Crippen molar-refractivity contribution in [1.29, 1.82) is 0 Å². The molecule has 0 aliphatic heterocycles. The predicted molar refractivity (Wildman–Crippen MR) is 68.8 cm³/mol. The van der Waals surface area contributed by atoms with E-state index >= 15 is 0 Å². The van der Waals surface area contributed by atoms with Crippen LogP contribution in [0, 0.1) is 13.8 Å². The lowest BCUT2D eigenvalue weighted by atomic mass is 10.2. The lowest BCUT2D eigenvalue weighted by Crippen LogP contribution is -2.27. The van der Waals surface area contributed by atoms with Gasteiger partial charge in [-0.2, -0.15) is 0 Å². The van der Waals surface area contributed by atoms with Crippen LogP contribution >= 0.6 is 15.9 Å². The monoisotopic (exact) mass is 324 g/mol. The summed E-state index contributed by atoms with van der Waals surface area (Å²) in [5, 5.41) is 3.64. The third-order valence-corrected chi connectivity index (χ3v) is 5.24. The number of hydrogen-bond donors (Lipinski definition) is 1. The Hall–Kier alpha value is -0.400. The highest BCUT2D eigenvalue weighted by atomic mass is 79.9. The first kappa shape index (κ1) is 14.7. The van der Waals surface area contributed by atoms with Gasteiger partial charge in [0.05, 0.1) is 0 Å². The van der Waals surface area contributed by atoms with Crippen molar-refractivity contribution in [1.82, 2.24) is 9.88 Å². The number of hydrogen-bond acceptors (Lipinski definition) is 4. The Bertz CT molecular complexity index is 450. The maximum absolute atomic E-state index is 12.0. The van der Waals surface area contributed by atoms with Crippen molar-refractivity contribution in [2.75, 3.05) is 6.54 Å². The molecule has 1 aromatic rings. The van der Waals surface area contributed by atoms with E-state index in [0.29, 0.717) is 22.8 Å². The van der Waals surface area contributed by atoms with E-state index in [-0.39, 0.29) is 4.90 Å². The van der Waals surface area contributed by atoms with Gasteiger partial charge in [-0.25, -0.2) is 13.1 Å². The van der Waals surface area contributed by atoms with Crippen LogP contribution in [0.4, 0.5) is 0 Å². The largest absolute Gasteiger partial charge is 0.360 e. The van der Waals surface area contributed by atoms with E-state index in [9.17, 15) is 8.42 Å². The molecule has 7 heteroatoms. The van der Waals surface area contributed by atoms with Gasteiger partial charge in [-0.1, -0.05) is 28.0 Å². The van der Waals surface area contributed by atoms with Crippen molar-refractivity contribution in [2.45, 2.75) is 43.3 Å². The van der Waals surface area contributed by atoms with Crippen LogP contribution in [-0.2, 0) is 10.0 Å². The average molecular weight is 325 g/mol. The fraction of sp³-hybridized carbons (Fsp3) is 0.700. The second kappa shape index (κ2) is 5.97. The SMILES string of the molecule is CCC(Br)CCNS(=O)(=O)c1c(C)noc1C. The number of nitrogens with zero attached hydrogens (tertiary/aromatic N) is 1. The van der Waals surface area contributed by atoms with Crippen LogP contribution in [0.3, 0.4) is 0 Å². The van der Waals surface area contributed by atoms with Crippen LogP contribution in [0.2, 0.25) is 0 Å². The molecular weight excluding hydrogens is 308 g/mol. The standard InChI is InChI=1S/C10H17BrN2O3S/c1-4-9(11)5-6-12-17(14,15)10-7(2)13-16-8(10)3/h9,12H,4-6H2,1-3H3. The molecule has 1 heterocycles. The molecule has 0 saturated carbocycles. The smallest absolute Gasteiger partial charge is 0.245 e. The molecule has 0 spiro atoms. The van der Waals surface area contributed by atoms with Crippen molar-refractivity contribution in [3.8, 4) is 0 Å².